The number of nitrogens with zero attached hydrogens (tertiary/aromatic N) is 2. The Balaban J connectivity index is 1.54. The number of para-hydroxylation sites is 2. The Morgan fingerprint density at radius 2 is 1.92 bits per heavy atom. The van der Waals surface area contributed by atoms with Gasteiger partial charge in [-0.3, -0.25) is 4.79 Å². The molecule has 2 atom stereocenters. The number of oxazole rings is 1. The third kappa shape index (κ3) is 3.03. The highest BCUT2D eigenvalue weighted by Crippen LogP contribution is 2.29. The second-order valence-electron chi connectivity index (χ2n) is 6.70. The number of amides is 1. The number of hydrogen-bond donors (Lipinski definition) is 1. The van der Waals surface area contributed by atoms with E-state index < -0.39 is 0 Å². The monoisotopic (exact) mass is 335 g/mol. The van der Waals surface area contributed by atoms with Crippen LogP contribution in [0.15, 0.2) is 52.9 Å². The molecule has 2 N–H and O–H groups in total. The van der Waals surface area contributed by atoms with Crippen LogP contribution >= 0.6 is 0 Å². The third-order valence-electron chi connectivity index (χ3n) is 4.95. The molecule has 0 saturated heterocycles. The van der Waals surface area contributed by atoms with Crippen LogP contribution in [0.3, 0.4) is 0 Å². The lowest BCUT2D eigenvalue weighted by atomic mass is 10.1. The molecule has 1 aliphatic rings. The van der Waals surface area contributed by atoms with Gasteiger partial charge < -0.3 is 15.1 Å². The van der Waals surface area contributed by atoms with E-state index in [-0.39, 0.29) is 17.9 Å². The molecule has 1 heterocycles. The highest BCUT2D eigenvalue weighted by atomic mass is 16.3. The van der Waals surface area contributed by atoms with Crippen LogP contribution in [0.4, 0.5) is 5.69 Å². The van der Waals surface area contributed by atoms with Crippen LogP contribution in [0.2, 0.25) is 0 Å². The Morgan fingerprint density at radius 3 is 2.60 bits per heavy atom. The van der Waals surface area contributed by atoms with Gasteiger partial charge in [0.25, 0.3) is 0 Å². The number of rotatable bonds is 3. The molecule has 3 aromatic rings. The van der Waals surface area contributed by atoms with Crippen LogP contribution in [0.5, 0.6) is 0 Å². The van der Waals surface area contributed by atoms with E-state index in [9.17, 15) is 4.79 Å². The number of hydrogen-bond acceptors (Lipinski definition) is 4. The van der Waals surface area contributed by atoms with E-state index in [1.54, 1.807) is 4.90 Å². The smallest absolute Gasteiger partial charge is 0.229 e. The quantitative estimate of drug-likeness (QED) is 0.794. The number of anilines is 1. The van der Waals surface area contributed by atoms with Crippen molar-refractivity contribution < 1.29 is 9.21 Å². The summed E-state index contributed by atoms with van der Waals surface area (Å²) in [5.74, 6) is 0.766. The molecule has 0 spiro atoms. The van der Waals surface area contributed by atoms with Gasteiger partial charge in [0.15, 0.2) is 5.58 Å². The molecule has 0 radical (unpaired) electrons. The average Bonchev–Trinajstić information content (AvgIpc) is 3.26. The molecule has 2 aromatic carbocycles. The second kappa shape index (κ2) is 6.33. The summed E-state index contributed by atoms with van der Waals surface area (Å²) in [5.41, 5.74) is 9.30. The third-order valence-corrected chi connectivity index (χ3v) is 4.95. The number of benzene rings is 2. The minimum atomic E-state index is 0.0386. The van der Waals surface area contributed by atoms with Gasteiger partial charge in [0.05, 0.1) is 0 Å². The van der Waals surface area contributed by atoms with Gasteiger partial charge >= 0.3 is 0 Å². The molecule has 4 rings (SSSR count). The zero-order chi connectivity index (χ0) is 17.4. The molecule has 0 aliphatic heterocycles. The predicted molar refractivity (Wildman–Crippen MR) is 98.2 cm³/mol. The zero-order valence-corrected chi connectivity index (χ0v) is 14.2. The summed E-state index contributed by atoms with van der Waals surface area (Å²) in [6, 6.07) is 15.6. The Morgan fingerprint density at radius 1 is 1.16 bits per heavy atom. The number of carbonyl (C=O) groups excluding carboxylic acids is 1. The van der Waals surface area contributed by atoms with Gasteiger partial charge in [0.2, 0.25) is 11.8 Å². The fraction of sp³-hybridized carbons (Fsp3) is 0.300. The molecule has 1 aromatic heterocycles. The minimum Gasteiger partial charge on any atom is -0.436 e. The lowest BCUT2D eigenvalue weighted by Gasteiger charge is -2.21. The first kappa shape index (κ1) is 15.8. The fourth-order valence-corrected chi connectivity index (χ4v) is 3.47. The van der Waals surface area contributed by atoms with Gasteiger partial charge in [-0.1, -0.05) is 12.1 Å². The molecule has 1 saturated carbocycles. The molecule has 1 unspecified atom stereocenters. The summed E-state index contributed by atoms with van der Waals surface area (Å²) in [4.78, 5) is 18.8. The van der Waals surface area contributed by atoms with Crippen LogP contribution in [0.25, 0.3) is 22.6 Å². The molecular weight excluding hydrogens is 314 g/mol. The number of carbonyl (C=O) groups is 1. The van der Waals surface area contributed by atoms with Crippen LogP contribution in [0, 0.1) is 5.92 Å². The van der Waals surface area contributed by atoms with Gasteiger partial charge in [-0.25, -0.2) is 4.98 Å². The van der Waals surface area contributed by atoms with Gasteiger partial charge in [-0.15, -0.1) is 0 Å². The lowest BCUT2D eigenvalue weighted by Crippen LogP contribution is -2.32. The fourth-order valence-electron chi connectivity index (χ4n) is 3.47. The topological polar surface area (TPSA) is 72.4 Å². The largest absolute Gasteiger partial charge is 0.436 e. The normalized spacial score (nSPS) is 20.1. The van der Waals surface area contributed by atoms with Crippen LogP contribution in [0.1, 0.15) is 19.3 Å². The molecule has 25 heavy (non-hydrogen) atoms. The van der Waals surface area contributed by atoms with E-state index in [2.05, 4.69) is 4.98 Å². The van der Waals surface area contributed by atoms with Crippen LogP contribution in [-0.2, 0) is 4.79 Å². The van der Waals surface area contributed by atoms with Crippen molar-refractivity contribution in [3.05, 3.63) is 48.5 Å². The SMILES string of the molecule is CN(C(=O)C1CC[C@H](N)C1)c1ccc(-c2nc3ccccc3o2)cc1. The summed E-state index contributed by atoms with van der Waals surface area (Å²) >= 11 is 0. The van der Waals surface area contributed by atoms with Crippen LogP contribution < -0.4 is 10.6 Å². The standard InChI is InChI=1S/C20H21N3O2/c1-23(20(24)14-6-9-15(21)12-14)16-10-7-13(8-11-16)19-22-17-4-2-3-5-18(17)25-19/h2-5,7-8,10-11,14-15H,6,9,12,21H2,1H3/t14?,15-/m0/s1. The second-order valence-corrected chi connectivity index (χ2v) is 6.70. The molecule has 0 bridgehead atoms. The number of nitrogens with two attached hydrogens (primary N) is 1. The Labute approximate surface area is 146 Å². The van der Waals surface area contributed by atoms with E-state index in [0.29, 0.717) is 5.89 Å². The van der Waals surface area contributed by atoms with E-state index in [1.165, 1.54) is 0 Å². The highest BCUT2D eigenvalue weighted by molar-refractivity contribution is 5.95. The molecular formula is C20H21N3O2. The predicted octanol–water partition coefficient (Wildman–Crippen LogP) is 3.59. The van der Waals surface area contributed by atoms with Crippen molar-refractivity contribution >= 4 is 22.7 Å². The molecule has 128 valence electrons. The highest BCUT2D eigenvalue weighted by Gasteiger charge is 2.30. The molecule has 1 fully saturated rings. The Bertz CT molecular complexity index is 868. The first-order valence-electron chi connectivity index (χ1n) is 8.61. The number of fused-ring (bicyclic) bond motifs is 1. The van der Waals surface area contributed by atoms with Gasteiger partial charge in [-0.2, -0.15) is 0 Å². The van der Waals surface area contributed by atoms with E-state index in [0.717, 1.165) is 41.6 Å². The summed E-state index contributed by atoms with van der Waals surface area (Å²) in [6.07, 6.45) is 2.59. The van der Waals surface area contributed by atoms with Crippen molar-refractivity contribution in [1.29, 1.82) is 0 Å². The first-order chi connectivity index (χ1) is 12.1. The van der Waals surface area contributed by atoms with Crippen molar-refractivity contribution in [1.82, 2.24) is 4.98 Å². The van der Waals surface area contributed by atoms with Gasteiger partial charge in [0.1, 0.15) is 5.52 Å². The van der Waals surface area contributed by atoms with Crippen LogP contribution in [-0.4, -0.2) is 24.0 Å². The van der Waals surface area contributed by atoms with E-state index in [1.807, 2.05) is 55.6 Å². The van der Waals surface area contributed by atoms with Crippen molar-refractivity contribution in [2.75, 3.05) is 11.9 Å². The summed E-state index contributed by atoms with van der Waals surface area (Å²) in [5, 5.41) is 0. The zero-order valence-electron chi connectivity index (χ0n) is 14.2. The average molecular weight is 335 g/mol. The Hall–Kier alpha value is -2.66. The summed E-state index contributed by atoms with van der Waals surface area (Å²) in [6.45, 7) is 0. The maximum absolute atomic E-state index is 12.6. The van der Waals surface area contributed by atoms with Crippen molar-refractivity contribution in [3.63, 3.8) is 0 Å². The Kier molecular flexibility index (Phi) is 4.01. The molecule has 5 nitrogen and oxygen atoms in total. The molecule has 1 aliphatic carbocycles. The molecule has 1 amide bonds. The summed E-state index contributed by atoms with van der Waals surface area (Å²) < 4.78 is 5.79. The van der Waals surface area contributed by atoms with Crippen molar-refractivity contribution in [2.24, 2.45) is 11.7 Å². The van der Waals surface area contributed by atoms with E-state index >= 15 is 0 Å². The summed E-state index contributed by atoms with van der Waals surface area (Å²) in [7, 11) is 1.82. The van der Waals surface area contributed by atoms with E-state index in [4.69, 9.17) is 10.2 Å². The maximum atomic E-state index is 12.6. The molecule has 5 heteroatoms. The lowest BCUT2D eigenvalue weighted by molar-refractivity contribution is -0.121. The van der Waals surface area contributed by atoms with Gasteiger partial charge in [-0.05, 0) is 55.7 Å². The van der Waals surface area contributed by atoms with Gasteiger partial charge in [0, 0.05) is 30.3 Å². The minimum absolute atomic E-state index is 0.0386. The first-order valence-corrected chi connectivity index (χ1v) is 8.61. The van der Waals surface area contributed by atoms with Crippen molar-refractivity contribution in [3.8, 4) is 11.5 Å². The number of aromatic nitrogens is 1. The van der Waals surface area contributed by atoms with Crippen molar-refractivity contribution in [2.45, 2.75) is 25.3 Å². The maximum Gasteiger partial charge on any atom is 0.229 e.